The van der Waals surface area contributed by atoms with E-state index >= 15 is 0 Å². The van der Waals surface area contributed by atoms with E-state index in [2.05, 4.69) is 10.4 Å². The van der Waals surface area contributed by atoms with Gasteiger partial charge in [0.25, 0.3) is 6.64 Å². The van der Waals surface area contributed by atoms with Gasteiger partial charge in [-0.3, -0.25) is 5.09 Å². The van der Waals surface area contributed by atoms with Crippen LogP contribution in [0.1, 0.15) is 27.2 Å². The maximum atomic E-state index is 9.05. The van der Waals surface area contributed by atoms with Gasteiger partial charge < -0.3 is 19.5 Å². The third kappa shape index (κ3) is 7.28. The molecule has 0 saturated carbocycles. The second-order valence-electron chi connectivity index (χ2n) is 3.21. The van der Waals surface area contributed by atoms with Crippen LogP contribution in [0.4, 0.5) is 0 Å². The highest BCUT2D eigenvalue weighted by Gasteiger charge is 2.20. The molecular formula is C9H21N2O3PS2. The van der Waals surface area contributed by atoms with Crippen LogP contribution in [0.3, 0.4) is 0 Å². The smallest absolute Gasteiger partial charge is 0.289 e. The lowest BCUT2D eigenvalue weighted by atomic mass is 10.2. The number of nitrogens with one attached hydrogen (secondary N) is 2. The quantitative estimate of drug-likeness (QED) is 0.464. The molecule has 0 aromatic carbocycles. The molecule has 0 fully saturated rings. The summed E-state index contributed by atoms with van der Waals surface area (Å²) in [5.41, 5.74) is 0. The van der Waals surface area contributed by atoms with Crippen LogP contribution in [0.5, 0.6) is 0 Å². The van der Waals surface area contributed by atoms with Crippen LogP contribution in [0.15, 0.2) is 0 Å². The molecule has 0 amide bonds. The molecule has 0 heterocycles. The Bertz CT molecular complexity index is 265. The van der Waals surface area contributed by atoms with Crippen LogP contribution in [0, 0.1) is 0 Å². The predicted molar refractivity (Wildman–Crippen MR) is 77.6 cm³/mol. The van der Waals surface area contributed by atoms with Crippen LogP contribution in [0.25, 0.3) is 0 Å². The number of hydrogen-bond acceptors (Lipinski definition) is 5. The van der Waals surface area contributed by atoms with E-state index in [1.165, 1.54) is 0 Å². The Hall–Kier alpha value is 0.220. The van der Waals surface area contributed by atoms with Gasteiger partial charge in [0.1, 0.15) is 0 Å². The van der Waals surface area contributed by atoms with E-state index < -0.39 is 6.64 Å². The van der Waals surface area contributed by atoms with Gasteiger partial charge in [-0.05, 0) is 44.3 Å². The number of rotatable bonds is 8. The molecule has 0 saturated heterocycles. The van der Waals surface area contributed by atoms with Crippen LogP contribution >= 0.6 is 18.9 Å². The van der Waals surface area contributed by atoms with Gasteiger partial charge in [-0.2, -0.15) is 0 Å². The van der Waals surface area contributed by atoms with Gasteiger partial charge in [0, 0.05) is 0 Å². The molecule has 102 valence electrons. The van der Waals surface area contributed by atoms with Crippen molar-refractivity contribution in [2.45, 2.75) is 33.2 Å². The first-order valence-electron chi connectivity index (χ1n) is 5.60. The van der Waals surface area contributed by atoms with E-state index in [9.17, 15) is 0 Å². The zero-order chi connectivity index (χ0) is 13.3. The minimum atomic E-state index is -2.55. The van der Waals surface area contributed by atoms with Crippen molar-refractivity contribution < 1.29 is 14.2 Å². The first-order chi connectivity index (χ1) is 8.01. The normalized spacial score (nSPS) is 13.2. The molecule has 5 nitrogen and oxygen atoms in total. The lowest BCUT2D eigenvalue weighted by Crippen LogP contribution is -2.42. The largest absolute Gasteiger partial charge is 0.394 e. The van der Waals surface area contributed by atoms with Crippen molar-refractivity contribution in [1.29, 1.82) is 0 Å². The Morgan fingerprint density at radius 3 is 2.18 bits per heavy atom. The number of aliphatic hydroxyl groups is 1. The molecule has 8 heteroatoms. The van der Waals surface area contributed by atoms with Gasteiger partial charge in [-0.1, -0.05) is 6.92 Å². The van der Waals surface area contributed by atoms with Crippen molar-refractivity contribution in [1.82, 2.24) is 10.4 Å². The predicted octanol–water partition coefficient (Wildman–Crippen LogP) is 1.52. The molecule has 0 spiro atoms. The molecule has 0 unspecified atom stereocenters. The van der Waals surface area contributed by atoms with E-state index in [0.717, 1.165) is 6.42 Å². The second-order valence-corrected chi connectivity index (χ2v) is 6.79. The summed E-state index contributed by atoms with van der Waals surface area (Å²) in [5, 5.41) is 15.3. The molecule has 0 aliphatic rings. The summed E-state index contributed by atoms with van der Waals surface area (Å²) >= 11 is 10.4. The molecule has 0 aromatic rings. The summed E-state index contributed by atoms with van der Waals surface area (Å²) in [4.78, 5) is 0. The maximum absolute atomic E-state index is 9.05. The van der Waals surface area contributed by atoms with Gasteiger partial charge >= 0.3 is 0 Å². The highest BCUT2D eigenvalue weighted by Crippen LogP contribution is 2.43. The van der Waals surface area contributed by atoms with Crippen molar-refractivity contribution >= 4 is 35.8 Å². The Labute approximate surface area is 113 Å². The zero-order valence-electron chi connectivity index (χ0n) is 10.4. The maximum Gasteiger partial charge on any atom is 0.289 e. The third-order valence-corrected chi connectivity index (χ3v) is 4.86. The summed E-state index contributed by atoms with van der Waals surface area (Å²) < 4.78 is 10.8. The molecule has 0 radical (unpaired) electrons. The van der Waals surface area contributed by atoms with E-state index in [0.29, 0.717) is 18.3 Å². The van der Waals surface area contributed by atoms with Gasteiger partial charge in [-0.15, -0.1) is 0 Å². The fourth-order valence-electron chi connectivity index (χ4n) is 1.06. The topological polar surface area (TPSA) is 62.8 Å². The Morgan fingerprint density at radius 1 is 1.29 bits per heavy atom. The van der Waals surface area contributed by atoms with E-state index in [1.807, 2.05) is 20.8 Å². The van der Waals surface area contributed by atoms with Gasteiger partial charge in [0.2, 0.25) is 0 Å². The number of hydrogen-bond donors (Lipinski definition) is 3. The van der Waals surface area contributed by atoms with Crippen molar-refractivity contribution in [3.05, 3.63) is 0 Å². The average molecular weight is 300 g/mol. The molecular weight excluding hydrogens is 279 g/mol. The molecule has 0 rings (SSSR count). The minimum Gasteiger partial charge on any atom is -0.394 e. The van der Waals surface area contributed by atoms with Crippen molar-refractivity contribution in [3.8, 4) is 0 Å². The van der Waals surface area contributed by atoms with Crippen molar-refractivity contribution in [2.75, 3.05) is 19.8 Å². The van der Waals surface area contributed by atoms with Crippen LogP contribution in [0.2, 0.25) is 0 Å². The first-order valence-corrected chi connectivity index (χ1v) is 8.64. The summed E-state index contributed by atoms with van der Waals surface area (Å²) in [6.45, 7) is 4.04. The molecule has 1 atom stereocenters. The van der Waals surface area contributed by atoms with Crippen LogP contribution < -0.4 is 10.4 Å². The molecule has 0 aromatic heterocycles. The highest BCUT2D eigenvalue weighted by molar-refractivity contribution is 8.09. The Kier molecular flexibility index (Phi) is 9.31. The van der Waals surface area contributed by atoms with E-state index in [4.69, 9.17) is 38.2 Å². The summed E-state index contributed by atoms with van der Waals surface area (Å²) in [6.07, 6.45) is 0.768. The van der Waals surface area contributed by atoms with Gasteiger partial charge in [-0.25, -0.2) is 0 Å². The summed E-state index contributed by atoms with van der Waals surface area (Å²) in [7, 11) is 0. The average Bonchev–Trinajstić information content (AvgIpc) is 2.26. The van der Waals surface area contributed by atoms with Gasteiger partial charge in [0.05, 0.1) is 25.9 Å². The highest BCUT2D eigenvalue weighted by atomic mass is 32.5. The molecule has 0 aliphatic heterocycles. The first kappa shape index (κ1) is 17.2. The monoisotopic (exact) mass is 300 g/mol. The minimum absolute atomic E-state index is 0.0183. The molecule has 3 N–H and O–H groups in total. The Balaban J connectivity index is 4.35. The zero-order valence-corrected chi connectivity index (χ0v) is 13.0. The van der Waals surface area contributed by atoms with Crippen molar-refractivity contribution in [3.63, 3.8) is 0 Å². The Morgan fingerprint density at radius 2 is 1.82 bits per heavy atom. The van der Waals surface area contributed by atoms with E-state index in [-0.39, 0.29) is 12.6 Å². The fraction of sp³-hybridized carbons (Fsp3) is 0.889. The fourth-order valence-corrected chi connectivity index (χ4v) is 3.86. The van der Waals surface area contributed by atoms with Crippen LogP contribution in [-0.2, 0) is 20.9 Å². The SMILES string of the molecule is CCOP(=S)(NC(=S)N[C@H](CC)CO)OCC. The second kappa shape index (κ2) is 9.19. The number of aliphatic hydroxyl groups excluding tert-OH is 1. The molecule has 0 aliphatic carbocycles. The summed E-state index contributed by atoms with van der Waals surface area (Å²) in [6, 6.07) is -0.0818. The van der Waals surface area contributed by atoms with Crippen molar-refractivity contribution in [2.24, 2.45) is 0 Å². The van der Waals surface area contributed by atoms with E-state index in [1.54, 1.807) is 0 Å². The lowest BCUT2D eigenvalue weighted by Gasteiger charge is -2.25. The molecule has 17 heavy (non-hydrogen) atoms. The standard InChI is InChI=1S/C9H21N2O3PS2/c1-4-8(7-12)10-9(16)11-15(17,13-5-2)14-6-3/h8,12H,4-7H2,1-3H3,(H2,10,11,16,17)/t8-/m1/s1. The summed E-state index contributed by atoms with van der Waals surface area (Å²) in [5.74, 6) is 0. The third-order valence-electron chi connectivity index (χ3n) is 1.88. The van der Waals surface area contributed by atoms with Crippen LogP contribution in [-0.4, -0.2) is 36.1 Å². The number of thiocarbonyl (C=S) groups is 1. The molecule has 0 bridgehead atoms. The van der Waals surface area contributed by atoms with Gasteiger partial charge in [0.15, 0.2) is 5.11 Å². The lowest BCUT2D eigenvalue weighted by molar-refractivity contribution is 0.250.